The summed E-state index contributed by atoms with van der Waals surface area (Å²) in [5.74, 6) is 0.471. The zero-order valence-corrected chi connectivity index (χ0v) is 14.1. The van der Waals surface area contributed by atoms with Crippen molar-refractivity contribution in [3.8, 4) is 11.5 Å². The summed E-state index contributed by atoms with van der Waals surface area (Å²) in [5, 5.41) is 7.79. The third-order valence-corrected chi connectivity index (χ3v) is 4.18. The van der Waals surface area contributed by atoms with E-state index in [0.29, 0.717) is 11.4 Å². The molecule has 0 radical (unpaired) electrons. The van der Waals surface area contributed by atoms with Gasteiger partial charge in [-0.1, -0.05) is 12.1 Å². The molecule has 2 rings (SSSR count). The highest BCUT2D eigenvalue weighted by atomic mass is 32.2. The van der Waals surface area contributed by atoms with E-state index in [-0.39, 0.29) is 23.0 Å². The maximum absolute atomic E-state index is 12.1. The van der Waals surface area contributed by atoms with E-state index in [9.17, 15) is 13.2 Å². The van der Waals surface area contributed by atoms with E-state index in [2.05, 4.69) is 5.32 Å². The molecule has 0 saturated carbocycles. The van der Waals surface area contributed by atoms with E-state index in [4.69, 9.17) is 14.6 Å². The third-order valence-electron chi connectivity index (χ3n) is 3.25. The van der Waals surface area contributed by atoms with Crippen molar-refractivity contribution in [3.63, 3.8) is 0 Å². The molecule has 2 aromatic carbocycles. The summed E-state index contributed by atoms with van der Waals surface area (Å²) in [7, 11) is -1.08. The first-order valence-electron chi connectivity index (χ1n) is 6.97. The molecular weight excluding hydrogens is 332 g/mol. The Labute approximate surface area is 140 Å². The molecule has 24 heavy (non-hydrogen) atoms. The monoisotopic (exact) mass is 350 g/mol. The number of methoxy groups -OCH3 is 2. The van der Waals surface area contributed by atoms with Crippen LogP contribution in [0.3, 0.4) is 0 Å². The Balaban J connectivity index is 2.17. The smallest absolute Gasteiger partial charge is 0.241 e. The predicted octanol–water partition coefficient (Wildman–Crippen LogP) is 1.53. The Bertz CT molecular complexity index is 849. The molecule has 128 valence electrons. The summed E-state index contributed by atoms with van der Waals surface area (Å²) in [6, 6.07) is 11.3. The van der Waals surface area contributed by atoms with Gasteiger partial charge in [0.05, 0.1) is 20.6 Å². The summed E-state index contributed by atoms with van der Waals surface area (Å²) in [6.45, 7) is 0. The minimum absolute atomic E-state index is 0.114. The van der Waals surface area contributed by atoms with Crippen LogP contribution in [0.5, 0.6) is 11.5 Å². The lowest BCUT2D eigenvalue weighted by atomic mass is 10.1. The molecule has 0 saturated heterocycles. The van der Waals surface area contributed by atoms with Gasteiger partial charge in [0.2, 0.25) is 15.9 Å². The molecule has 2 aromatic rings. The summed E-state index contributed by atoms with van der Waals surface area (Å²) >= 11 is 0. The van der Waals surface area contributed by atoms with Gasteiger partial charge in [-0.05, 0) is 35.9 Å². The highest BCUT2D eigenvalue weighted by Crippen LogP contribution is 2.26. The number of amides is 1. The summed E-state index contributed by atoms with van der Waals surface area (Å²) in [4.78, 5) is 11.9. The Hall–Kier alpha value is -2.58. The van der Waals surface area contributed by atoms with Crippen LogP contribution in [0.25, 0.3) is 0 Å². The first-order valence-corrected chi connectivity index (χ1v) is 8.51. The van der Waals surface area contributed by atoms with Crippen LogP contribution in [0, 0.1) is 0 Å². The zero-order chi connectivity index (χ0) is 17.7. The van der Waals surface area contributed by atoms with E-state index in [0.717, 1.165) is 5.56 Å². The molecule has 7 nitrogen and oxygen atoms in total. The summed E-state index contributed by atoms with van der Waals surface area (Å²) in [6.07, 6.45) is 0.119. The number of anilines is 1. The van der Waals surface area contributed by atoms with Crippen LogP contribution in [0.1, 0.15) is 5.56 Å². The number of hydrogen-bond acceptors (Lipinski definition) is 5. The van der Waals surface area contributed by atoms with E-state index < -0.39 is 10.0 Å². The Morgan fingerprint density at radius 1 is 1.12 bits per heavy atom. The number of nitrogens with one attached hydrogen (secondary N) is 1. The first kappa shape index (κ1) is 17.8. The van der Waals surface area contributed by atoms with Crippen molar-refractivity contribution in [3.05, 3.63) is 48.0 Å². The molecule has 0 aromatic heterocycles. The zero-order valence-electron chi connectivity index (χ0n) is 13.3. The molecule has 3 N–H and O–H groups in total. The standard InChI is InChI=1S/C16H18N2O5S/c1-22-13-5-3-4-11(8-13)9-16(19)18-12-6-7-14(23-2)15(10-12)24(17,20)21/h3-8,10H,9H2,1-2H3,(H,18,19)(H2,17,20,21). The van der Waals surface area contributed by atoms with E-state index in [1.807, 2.05) is 0 Å². The van der Waals surface area contributed by atoms with Crippen LogP contribution < -0.4 is 19.9 Å². The molecule has 0 atom stereocenters. The number of carbonyl (C=O) groups excluding carboxylic acids is 1. The normalized spacial score (nSPS) is 11.0. The van der Waals surface area contributed by atoms with Crippen molar-refractivity contribution < 1.29 is 22.7 Å². The fourth-order valence-electron chi connectivity index (χ4n) is 2.15. The van der Waals surface area contributed by atoms with Gasteiger partial charge in [0, 0.05) is 5.69 Å². The van der Waals surface area contributed by atoms with E-state index >= 15 is 0 Å². The van der Waals surface area contributed by atoms with Crippen LogP contribution in [0.2, 0.25) is 0 Å². The topological polar surface area (TPSA) is 108 Å². The molecule has 0 fully saturated rings. The molecule has 0 bridgehead atoms. The van der Waals surface area contributed by atoms with Crippen molar-refractivity contribution in [2.45, 2.75) is 11.3 Å². The van der Waals surface area contributed by atoms with Gasteiger partial charge in [0.1, 0.15) is 16.4 Å². The summed E-state index contributed by atoms with van der Waals surface area (Å²) < 4.78 is 33.2. The van der Waals surface area contributed by atoms with Gasteiger partial charge < -0.3 is 14.8 Å². The van der Waals surface area contributed by atoms with Gasteiger partial charge in [-0.15, -0.1) is 0 Å². The largest absolute Gasteiger partial charge is 0.497 e. The molecule has 0 aliphatic heterocycles. The number of primary sulfonamides is 1. The fraction of sp³-hybridized carbons (Fsp3) is 0.188. The highest BCUT2D eigenvalue weighted by molar-refractivity contribution is 7.89. The summed E-state index contributed by atoms with van der Waals surface area (Å²) in [5.41, 5.74) is 1.08. The predicted molar refractivity (Wildman–Crippen MR) is 89.7 cm³/mol. The van der Waals surface area contributed by atoms with Crippen LogP contribution in [-0.2, 0) is 21.2 Å². The number of rotatable bonds is 6. The van der Waals surface area contributed by atoms with Crippen LogP contribution in [-0.4, -0.2) is 28.5 Å². The van der Waals surface area contributed by atoms with Crippen molar-refractivity contribution in [1.82, 2.24) is 0 Å². The second-order valence-electron chi connectivity index (χ2n) is 4.99. The van der Waals surface area contributed by atoms with Gasteiger partial charge in [0.15, 0.2) is 0 Å². The molecule has 8 heteroatoms. The van der Waals surface area contributed by atoms with Crippen molar-refractivity contribution in [2.75, 3.05) is 19.5 Å². The maximum Gasteiger partial charge on any atom is 0.241 e. The lowest BCUT2D eigenvalue weighted by Gasteiger charge is -2.10. The van der Waals surface area contributed by atoms with E-state index in [1.54, 1.807) is 31.4 Å². The quantitative estimate of drug-likeness (QED) is 0.821. The Kier molecular flexibility index (Phi) is 5.42. The van der Waals surface area contributed by atoms with Crippen LogP contribution in [0.15, 0.2) is 47.4 Å². The lowest BCUT2D eigenvalue weighted by Crippen LogP contribution is -2.17. The second kappa shape index (κ2) is 7.33. The van der Waals surface area contributed by atoms with E-state index in [1.165, 1.54) is 25.3 Å². The van der Waals surface area contributed by atoms with Gasteiger partial charge in [0.25, 0.3) is 0 Å². The minimum atomic E-state index is -3.96. The molecule has 0 heterocycles. The van der Waals surface area contributed by atoms with Crippen molar-refractivity contribution in [1.29, 1.82) is 0 Å². The number of hydrogen-bond donors (Lipinski definition) is 2. The average molecular weight is 350 g/mol. The average Bonchev–Trinajstić information content (AvgIpc) is 2.54. The Morgan fingerprint density at radius 3 is 2.50 bits per heavy atom. The lowest BCUT2D eigenvalue weighted by molar-refractivity contribution is -0.115. The molecular formula is C16H18N2O5S. The van der Waals surface area contributed by atoms with Gasteiger partial charge >= 0.3 is 0 Å². The number of carbonyl (C=O) groups is 1. The maximum atomic E-state index is 12.1. The second-order valence-corrected chi connectivity index (χ2v) is 6.52. The molecule has 1 amide bonds. The Morgan fingerprint density at radius 2 is 1.88 bits per heavy atom. The van der Waals surface area contributed by atoms with Gasteiger partial charge in [-0.25, -0.2) is 13.6 Å². The van der Waals surface area contributed by atoms with Crippen LogP contribution in [0.4, 0.5) is 5.69 Å². The number of nitrogens with two attached hydrogens (primary N) is 1. The molecule has 0 aliphatic carbocycles. The SMILES string of the molecule is COc1cccc(CC(=O)Nc2ccc(OC)c(S(N)(=O)=O)c2)c1. The first-order chi connectivity index (χ1) is 11.3. The van der Waals surface area contributed by atoms with Gasteiger partial charge in [-0.3, -0.25) is 4.79 Å². The third kappa shape index (κ3) is 4.46. The minimum Gasteiger partial charge on any atom is -0.497 e. The number of sulfonamides is 1. The number of ether oxygens (including phenoxy) is 2. The van der Waals surface area contributed by atoms with Crippen LogP contribution >= 0.6 is 0 Å². The number of benzene rings is 2. The van der Waals surface area contributed by atoms with Crippen molar-refractivity contribution in [2.24, 2.45) is 5.14 Å². The molecule has 0 unspecified atom stereocenters. The molecule has 0 spiro atoms. The van der Waals surface area contributed by atoms with Gasteiger partial charge in [-0.2, -0.15) is 0 Å². The fourth-order valence-corrected chi connectivity index (χ4v) is 2.87. The highest BCUT2D eigenvalue weighted by Gasteiger charge is 2.16. The molecule has 0 aliphatic rings. The van der Waals surface area contributed by atoms with Crippen molar-refractivity contribution >= 4 is 21.6 Å².